The lowest BCUT2D eigenvalue weighted by molar-refractivity contribution is -0.142. The van der Waals surface area contributed by atoms with Crippen molar-refractivity contribution in [2.75, 3.05) is 6.54 Å². The van der Waals surface area contributed by atoms with Crippen LogP contribution in [0.3, 0.4) is 0 Å². The highest BCUT2D eigenvalue weighted by atomic mass is 19.1. The van der Waals surface area contributed by atoms with Crippen LogP contribution < -0.4 is 0 Å². The van der Waals surface area contributed by atoms with Gasteiger partial charge in [0.1, 0.15) is 11.9 Å². The van der Waals surface area contributed by atoms with E-state index in [9.17, 15) is 9.18 Å². The van der Waals surface area contributed by atoms with E-state index in [0.717, 1.165) is 12.0 Å². The van der Waals surface area contributed by atoms with Gasteiger partial charge in [-0.1, -0.05) is 19.1 Å². The molecule has 4 heteroatoms. The van der Waals surface area contributed by atoms with E-state index >= 15 is 0 Å². The van der Waals surface area contributed by atoms with E-state index in [2.05, 4.69) is 0 Å². The van der Waals surface area contributed by atoms with Gasteiger partial charge < -0.3 is 5.11 Å². The zero-order valence-electron chi connectivity index (χ0n) is 10.2. The molecule has 0 saturated carbocycles. The minimum Gasteiger partial charge on any atom is -0.480 e. The monoisotopic (exact) mass is 239 g/mol. The smallest absolute Gasteiger partial charge is 0.320 e. The predicted octanol–water partition coefficient (Wildman–Crippen LogP) is 2.51. The molecular weight excluding hydrogens is 221 g/mol. The van der Waals surface area contributed by atoms with E-state index in [1.165, 1.54) is 12.1 Å². The number of halogens is 1. The average molecular weight is 239 g/mol. The van der Waals surface area contributed by atoms with Crippen LogP contribution in [-0.2, 0) is 11.3 Å². The molecule has 0 heterocycles. The molecule has 0 amide bonds. The van der Waals surface area contributed by atoms with Gasteiger partial charge in [-0.25, -0.2) is 4.39 Å². The largest absolute Gasteiger partial charge is 0.480 e. The van der Waals surface area contributed by atoms with Crippen LogP contribution in [0.4, 0.5) is 4.39 Å². The third-order valence-electron chi connectivity index (χ3n) is 2.71. The normalized spacial score (nSPS) is 12.7. The maximum atomic E-state index is 12.8. The van der Waals surface area contributed by atoms with Crippen LogP contribution >= 0.6 is 0 Å². The molecule has 0 spiro atoms. The Labute approximate surface area is 101 Å². The molecule has 1 rings (SSSR count). The van der Waals surface area contributed by atoms with Gasteiger partial charge in [0.15, 0.2) is 0 Å². The Bertz CT molecular complexity index is 364. The zero-order valence-corrected chi connectivity index (χ0v) is 10.2. The topological polar surface area (TPSA) is 40.5 Å². The van der Waals surface area contributed by atoms with Crippen molar-refractivity contribution in [1.29, 1.82) is 0 Å². The van der Waals surface area contributed by atoms with Gasteiger partial charge in [0.2, 0.25) is 0 Å². The lowest BCUT2D eigenvalue weighted by atomic mass is 10.1. The van der Waals surface area contributed by atoms with Crippen LogP contribution in [0.2, 0.25) is 0 Å². The van der Waals surface area contributed by atoms with Crippen molar-refractivity contribution in [3.05, 3.63) is 35.6 Å². The molecule has 17 heavy (non-hydrogen) atoms. The van der Waals surface area contributed by atoms with Crippen LogP contribution in [0, 0.1) is 5.82 Å². The summed E-state index contributed by atoms with van der Waals surface area (Å²) < 4.78 is 12.8. The third-order valence-corrected chi connectivity index (χ3v) is 2.71. The standard InChI is InChI=1S/C13H18FNO2/c1-3-8-15(10(2)13(16)17)9-11-4-6-12(14)7-5-11/h4-7,10H,3,8-9H2,1-2H3,(H,16,17). The van der Waals surface area contributed by atoms with E-state index in [0.29, 0.717) is 13.1 Å². The molecule has 0 fully saturated rings. The van der Waals surface area contributed by atoms with E-state index in [1.54, 1.807) is 19.1 Å². The van der Waals surface area contributed by atoms with E-state index < -0.39 is 12.0 Å². The highest BCUT2D eigenvalue weighted by molar-refractivity contribution is 5.72. The highest BCUT2D eigenvalue weighted by Gasteiger charge is 2.19. The van der Waals surface area contributed by atoms with Crippen LogP contribution in [0.25, 0.3) is 0 Å². The number of benzene rings is 1. The molecule has 1 aromatic rings. The van der Waals surface area contributed by atoms with Crippen molar-refractivity contribution in [2.45, 2.75) is 32.9 Å². The first-order chi connectivity index (χ1) is 8.04. The molecule has 0 radical (unpaired) electrons. The maximum Gasteiger partial charge on any atom is 0.320 e. The Hall–Kier alpha value is -1.42. The second-order valence-electron chi connectivity index (χ2n) is 4.11. The molecule has 1 unspecified atom stereocenters. The van der Waals surface area contributed by atoms with Gasteiger partial charge >= 0.3 is 5.97 Å². The molecule has 0 saturated heterocycles. The summed E-state index contributed by atoms with van der Waals surface area (Å²) in [4.78, 5) is 12.8. The summed E-state index contributed by atoms with van der Waals surface area (Å²) in [6.45, 7) is 4.92. The molecule has 3 nitrogen and oxygen atoms in total. The second-order valence-corrected chi connectivity index (χ2v) is 4.11. The van der Waals surface area contributed by atoms with Crippen molar-refractivity contribution < 1.29 is 14.3 Å². The average Bonchev–Trinajstić information content (AvgIpc) is 2.30. The quantitative estimate of drug-likeness (QED) is 0.829. The van der Waals surface area contributed by atoms with Crippen molar-refractivity contribution in [3.8, 4) is 0 Å². The summed E-state index contributed by atoms with van der Waals surface area (Å²) in [5, 5.41) is 9.00. The van der Waals surface area contributed by atoms with Gasteiger partial charge in [0.05, 0.1) is 0 Å². The molecule has 0 aliphatic heterocycles. The highest BCUT2D eigenvalue weighted by Crippen LogP contribution is 2.10. The number of carbonyl (C=O) groups is 1. The SMILES string of the molecule is CCCN(Cc1ccc(F)cc1)C(C)C(=O)O. The predicted molar refractivity (Wildman–Crippen MR) is 64.2 cm³/mol. The van der Waals surface area contributed by atoms with Crippen LogP contribution in [0.15, 0.2) is 24.3 Å². The molecule has 1 N–H and O–H groups in total. The first kappa shape index (κ1) is 13.6. The van der Waals surface area contributed by atoms with Gasteiger partial charge in [-0.15, -0.1) is 0 Å². The fourth-order valence-electron chi connectivity index (χ4n) is 1.68. The lowest BCUT2D eigenvalue weighted by Gasteiger charge is -2.25. The number of rotatable bonds is 6. The van der Waals surface area contributed by atoms with Gasteiger partial charge in [0.25, 0.3) is 0 Å². The van der Waals surface area contributed by atoms with Crippen molar-refractivity contribution >= 4 is 5.97 Å². The van der Waals surface area contributed by atoms with Crippen molar-refractivity contribution in [3.63, 3.8) is 0 Å². The van der Waals surface area contributed by atoms with E-state index in [1.807, 2.05) is 11.8 Å². The fraction of sp³-hybridized carbons (Fsp3) is 0.462. The Balaban J connectivity index is 2.72. The molecule has 0 aromatic heterocycles. The number of aliphatic carboxylic acids is 1. The summed E-state index contributed by atoms with van der Waals surface area (Å²) in [6, 6.07) is 5.63. The second kappa shape index (κ2) is 6.35. The van der Waals surface area contributed by atoms with E-state index in [4.69, 9.17) is 5.11 Å². The molecule has 0 aliphatic rings. The van der Waals surface area contributed by atoms with Crippen molar-refractivity contribution in [2.24, 2.45) is 0 Å². The lowest BCUT2D eigenvalue weighted by Crippen LogP contribution is -2.38. The first-order valence-electron chi connectivity index (χ1n) is 5.76. The Kier molecular flexibility index (Phi) is 5.10. The Morgan fingerprint density at radius 1 is 1.41 bits per heavy atom. The summed E-state index contributed by atoms with van der Waals surface area (Å²) in [5.74, 6) is -1.11. The van der Waals surface area contributed by atoms with Crippen molar-refractivity contribution in [1.82, 2.24) is 4.90 Å². The van der Waals surface area contributed by atoms with E-state index in [-0.39, 0.29) is 5.82 Å². The number of carboxylic acids is 1. The molecule has 0 bridgehead atoms. The van der Waals surface area contributed by atoms with Crippen LogP contribution in [0.1, 0.15) is 25.8 Å². The minimum absolute atomic E-state index is 0.276. The Morgan fingerprint density at radius 3 is 2.47 bits per heavy atom. The number of hydrogen-bond acceptors (Lipinski definition) is 2. The molecule has 94 valence electrons. The van der Waals surface area contributed by atoms with Gasteiger partial charge in [0, 0.05) is 6.54 Å². The molecular formula is C13H18FNO2. The fourth-order valence-corrected chi connectivity index (χ4v) is 1.68. The number of hydrogen-bond donors (Lipinski definition) is 1. The summed E-state index contributed by atoms with van der Waals surface area (Å²) in [6.07, 6.45) is 0.888. The minimum atomic E-state index is -0.833. The number of carboxylic acid groups (broad SMARTS) is 1. The van der Waals surface area contributed by atoms with Crippen LogP contribution in [-0.4, -0.2) is 28.6 Å². The van der Waals surface area contributed by atoms with Gasteiger partial charge in [-0.05, 0) is 37.6 Å². The molecule has 1 atom stereocenters. The van der Waals surface area contributed by atoms with Crippen LogP contribution in [0.5, 0.6) is 0 Å². The third kappa shape index (κ3) is 4.15. The Morgan fingerprint density at radius 2 is 2.00 bits per heavy atom. The maximum absolute atomic E-state index is 12.8. The molecule has 0 aliphatic carbocycles. The first-order valence-corrected chi connectivity index (χ1v) is 5.76. The summed E-state index contributed by atoms with van der Waals surface area (Å²) >= 11 is 0. The zero-order chi connectivity index (χ0) is 12.8. The van der Waals surface area contributed by atoms with Gasteiger partial charge in [-0.3, -0.25) is 9.69 Å². The van der Waals surface area contributed by atoms with Gasteiger partial charge in [-0.2, -0.15) is 0 Å². The molecule has 1 aromatic carbocycles. The summed E-state index contributed by atoms with van der Waals surface area (Å²) in [5.41, 5.74) is 0.924. The number of nitrogens with zero attached hydrogens (tertiary/aromatic N) is 1. The summed E-state index contributed by atoms with van der Waals surface area (Å²) in [7, 11) is 0.